The summed E-state index contributed by atoms with van der Waals surface area (Å²) < 4.78 is -0.434. The van der Waals surface area contributed by atoms with E-state index in [2.05, 4.69) is 23.0 Å². The Morgan fingerprint density at radius 2 is 1.95 bits per heavy atom. The van der Waals surface area contributed by atoms with E-state index < -0.39 is 10.4 Å². The van der Waals surface area contributed by atoms with Gasteiger partial charge in [0.2, 0.25) is 0 Å². The number of hydrogen-bond acceptors (Lipinski definition) is 4. The highest BCUT2D eigenvalue weighted by Gasteiger charge is 2.66. The fourth-order valence-electron chi connectivity index (χ4n) is 3.31. The van der Waals surface area contributed by atoms with Crippen molar-refractivity contribution < 1.29 is 4.79 Å². The Hall–Kier alpha value is -1.33. The van der Waals surface area contributed by atoms with Gasteiger partial charge in [0.25, 0.3) is 5.91 Å². The molecule has 0 radical (unpaired) electrons. The molecule has 19 heavy (non-hydrogen) atoms. The minimum atomic E-state index is -0.434. The number of nitrogens with one attached hydrogen (secondary N) is 2. The summed E-state index contributed by atoms with van der Waals surface area (Å²) in [6.07, 6.45) is 4.04. The quantitative estimate of drug-likeness (QED) is 0.820. The average molecular weight is 273 g/mol. The predicted molar refractivity (Wildman–Crippen MR) is 75.8 cm³/mol. The van der Waals surface area contributed by atoms with Crippen LogP contribution in [-0.2, 0) is 4.79 Å². The molecule has 2 N–H and O–H groups in total. The van der Waals surface area contributed by atoms with E-state index >= 15 is 0 Å². The van der Waals surface area contributed by atoms with Gasteiger partial charge in [-0.25, -0.2) is 5.43 Å². The van der Waals surface area contributed by atoms with Gasteiger partial charge in [-0.15, -0.1) is 0 Å². The van der Waals surface area contributed by atoms with Crippen molar-refractivity contribution in [2.75, 3.05) is 0 Å². The van der Waals surface area contributed by atoms with Crippen LogP contribution in [-0.4, -0.2) is 21.4 Å². The van der Waals surface area contributed by atoms with Gasteiger partial charge in [0.05, 0.1) is 0 Å². The Labute approximate surface area is 116 Å². The van der Waals surface area contributed by atoms with Crippen molar-refractivity contribution in [3.8, 4) is 0 Å². The number of amides is 1. The SMILES string of the molecule is O=C1NNC23CCCCC12SC(c1ccccc1)=N3. The van der Waals surface area contributed by atoms with E-state index in [-0.39, 0.29) is 5.91 Å². The molecule has 2 fully saturated rings. The number of hydrogen-bond donors (Lipinski definition) is 2. The number of aliphatic imine (C=N–C) groups is 1. The maximum absolute atomic E-state index is 12.3. The third-order valence-electron chi connectivity index (χ3n) is 4.32. The number of carbonyl (C=O) groups is 1. The lowest BCUT2D eigenvalue weighted by Crippen LogP contribution is -2.54. The summed E-state index contributed by atoms with van der Waals surface area (Å²) in [5.74, 6) is 0.0897. The Kier molecular flexibility index (Phi) is 2.32. The third-order valence-corrected chi connectivity index (χ3v) is 5.92. The van der Waals surface area contributed by atoms with E-state index in [1.807, 2.05) is 18.2 Å². The molecular formula is C14H15N3OS. The van der Waals surface area contributed by atoms with Crippen molar-refractivity contribution >= 4 is 22.7 Å². The highest BCUT2D eigenvalue weighted by atomic mass is 32.2. The van der Waals surface area contributed by atoms with Gasteiger partial charge in [0.1, 0.15) is 9.79 Å². The molecule has 0 aromatic heterocycles. The van der Waals surface area contributed by atoms with Crippen LogP contribution in [0.2, 0.25) is 0 Å². The lowest BCUT2D eigenvalue weighted by molar-refractivity contribution is -0.122. The molecule has 4 rings (SSSR count). The van der Waals surface area contributed by atoms with Crippen molar-refractivity contribution in [3.63, 3.8) is 0 Å². The molecule has 1 aromatic rings. The second-order valence-electron chi connectivity index (χ2n) is 5.36. The van der Waals surface area contributed by atoms with Gasteiger partial charge in [0.15, 0.2) is 5.66 Å². The predicted octanol–water partition coefficient (Wildman–Crippen LogP) is 1.82. The molecule has 1 aromatic carbocycles. The van der Waals surface area contributed by atoms with E-state index in [9.17, 15) is 4.79 Å². The number of thioether (sulfide) groups is 1. The van der Waals surface area contributed by atoms with Crippen molar-refractivity contribution in [3.05, 3.63) is 35.9 Å². The molecule has 1 saturated heterocycles. The summed E-state index contributed by atoms with van der Waals surface area (Å²) in [4.78, 5) is 17.2. The molecule has 1 amide bonds. The molecule has 2 aliphatic heterocycles. The van der Waals surface area contributed by atoms with Crippen LogP contribution in [0.15, 0.2) is 35.3 Å². The highest BCUT2D eigenvalue weighted by molar-refractivity contribution is 8.16. The van der Waals surface area contributed by atoms with Gasteiger partial charge < -0.3 is 0 Å². The van der Waals surface area contributed by atoms with Gasteiger partial charge in [-0.2, -0.15) is 0 Å². The Bertz CT molecular complexity index is 573. The first-order chi connectivity index (χ1) is 9.26. The normalized spacial score (nSPS) is 36.4. The number of nitrogens with zero attached hydrogens (tertiary/aromatic N) is 1. The van der Waals surface area contributed by atoms with Gasteiger partial charge in [-0.3, -0.25) is 15.2 Å². The average Bonchev–Trinajstić information content (AvgIpc) is 2.95. The van der Waals surface area contributed by atoms with Crippen LogP contribution in [0.1, 0.15) is 31.2 Å². The minimum Gasteiger partial charge on any atom is -0.288 e. The summed E-state index contributed by atoms with van der Waals surface area (Å²) in [7, 11) is 0. The van der Waals surface area contributed by atoms with Crippen LogP contribution in [0.5, 0.6) is 0 Å². The fraction of sp³-hybridized carbons (Fsp3) is 0.429. The highest BCUT2D eigenvalue weighted by Crippen LogP contribution is 2.55. The Balaban J connectivity index is 1.81. The van der Waals surface area contributed by atoms with Crippen molar-refractivity contribution in [2.45, 2.75) is 36.1 Å². The minimum absolute atomic E-state index is 0.0897. The van der Waals surface area contributed by atoms with Crippen LogP contribution in [0.25, 0.3) is 0 Å². The van der Waals surface area contributed by atoms with Crippen molar-refractivity contribution in [1.29, 1.82) is 0 Å². The number of rotatable bonds is 1. The maximum Gasteiger partial charge on any atom is 0.254 e. The molecule has 4 nitrogen and oxygen atoms in total. The van der Waals surface area contributed by atoms with Crippen LogP contribution >= 0.6 is 11.8 Å². The van der Waals surface area contributed by atoms with E-state index in [0.717, 1.165) is 36.3 Å². The first kappa shape index (κ1) is 11.5. The molecule has 0 spiro atoms. The van der Waals surface area contributed by atoms with Gasteiger partial charge in [-0.05, 0) is 19.3 Å². The summed E-state index contributed by atoms with van der Waals surface area (Å²) in [5.41, 5.74) is 6.64. The van der Waals surface area contributed by atoms with E-state index in [1.165, 1.54) is 0 Å². The summed E-state index contributed by atoms with van der Waals surface area (Å²) in [6, 6.07) is 10.1. The zero-order valence-corrected chi connectivity index (χ0v) is 11.3. The van der Waals surface area contributed by atoms with Crippen LogP contribution in [0.3, 0.4) is 0 Å². The summed E-state index contributed by atoms with van der Waals surface area (Å²) in [5, 5.41) is 0.991. The van der Waals surface area contributed by atoms with Crippen molar-refractivity contribution in [2.24, 2.45) is 4.99 Å². The molecule has 5 heteroatoms. The standard InChI is InChI=1S/C14H15N3OS/c18-12-13-8-4-5-9-14(13,17-16-12)15-11(19-13)10-6-2-1-3-7-10/h1-3,6-7,17H,4-5,8-9H2,(H,16,18). The molecule has 3 aliphatic rings. The number of carbonyl (C=O) groups excluding carboxylic acids is 1. The lowest BCUT2D eigenvalue weighted by atomic mass is 9.79. The van der Waals surface area contributed by atoms with Crippen LogP contribution in [0.4, 0.5) is 0 Å². The first-order valence-corrected chi connectivity index (χ1v) is 7.49. The van der Waals surface area contributed by atoms with Crippen molar-refractivity contribution in [1.82, 2.24) is 10.9 Å². The number of hydrazine groups is 1. The van der Waals surface area contributed by atoms with Gasteiger partial charge in [0, 0.05) is 5.56 Å². The van der Waals surface area contributed by atoms with E-state index in [4.69, 9.17) is 4.99 Å². The zero-order chi connectivity index (χ0) is 12.9. The monoisotopic (exact) mass is 273 g/mol. The van der Waals surface area contributed by atoms with Gasteiger partial charge in [-0.1, -0.05) is 48.5 Å². The number of benzene rings is 1. The molecule has 2 atom stereocenters. The Morgan fingerprint density at radius 1 is 1.16 bits per heavy atom. The van der Waals surface area contributed by atoms with Crippen LogP contribution in [0, 0.1) is 0 Å². The second-order valence-corrected chi connectivity index (χ2v) is 6.65. The largest absolute Gasteiger partial charge is 0.288 e. The molecule has 98 valence electrons. The molecule has 2 unspecified atom stereocenters. The van der Waals surface area contributed by atoms with Crippen LogP contribution < -0.4 is 10.9 Å². The molecule has 2 heterocycles. The third kappa shape index (κ3) is 1.40. The summed E-state index contributed by atoms with van der Waals surface area (Å²) >= 11 is 1.64. The maximum atomic E-state index is 12.3. The smallest absolute Gasteiger partial charge is 0.254 e. The molecule has 0 bridgehead atoms. The summed E-state index contributed by atoms with van der Waals surface area (Å²) in [6.45, 7) is 0. The zero-order valence-electron chi connectivity index (χ0n) is 10.5. The second kappa shape index (κ2) is 3.84. The molecule has 1 aliphatic carbocycles. The lowest BCUT2D eigenvalue weighted by Gasteiger charge is -2.37. The van der Waals surface area contributed by atoms with E-state index in [1.54, 1.807) is 11.8 Å². The first-order valence-electron chi connectivity index (χ1n) is 6.68. The topological polar surface area (TPSA) is 53.5 Å². The Morgan fingerprint density at radius 3 is 2.74 bits per heavy atom. The molecule has 1 saturated carbocycles. The van der Waals surface area contributed by atoms with Gasteiger partial charge >= 0.3 is 0 Å². The van der Waals surface area contributed by atoms with E-state index in [0.29, 0.717) is 0 Å². The molecular weight excluding hydrogens is 258 g/mol. The fourth-order valence-corrected chi connectivity index (χ4v) is 4.85.